The van der Waals surface area contributed by atoms with E-state index in [1.54, 1.807) is 0 Å². The number of ether oxygens (including phenoxy) is 1. The Labute approximate surface area is 127 Å². The normalized spacial score (nSPS) is 20.7. The third-order valence-corrected chi connectivity index (χ3v) is 4.37. The molecular weight excluding hydrogens is 264 g/mol. The molecule has 5 heteroatoms. The van der Waals surface area contributed by atoms with Crippen molar-refractivity contribution in [3.8, 4) is 0 Å². The van der Waals surface area contributed by atoms with E-state index < -0.39 is 0 Å². The number of aromatic nitrogens is 2. The smallest absolute Gasteiger partial charge is 0.225 e. The number of morpholine rings is 1. The Balaban J connectivity index is 1.43. The van der Waals surface area contributed by atoms with E-state index in [0.29, 0.717) is 0 Å². The highest BCUT2D eigenvalue weighted by Gasteiger charge is 2.13. The van der Waals surface area contributed by atoms with Crippen LogP contribution in [0.5, 0.6) is 0 Å². The van der Waals surface area contributed by atoms with Gasteiger partial charge in [0.2, 0.25) is 5.95 Å². The van der Waals surface area contributed by atoms with Gasteiger partial charge in [-0.1, -0.05) is 0 Å². The van der Waals surface area contributed by atoms with Crippen LogP contribution < -0.4 is 4.90 Å². The van der Waals surface area contributed by atoms with Gasteiger partial charge in [-0.15, -0.1) is 0 Å². The zero-order chi connectivity index (χ0) is 14.3. The van der Waals surface area contributed by atoms with Crippen molar-refractivity contribution in [1.29, 1.82) is 0 Å². The molecule has 0 amide bonds. The van der Waals surface area contributed by atoms with Gasteiger partial charge in [0.15, 0.2) is 0 Å². The Morgan fingerprint density at radius 1 is 0.952 bits per heavy atom. The molecule has 0 N–H and O–H groups in total. The largest absolute Gasteiger partial charge is 0.379 e. The molecule has 0 spiro atoms. The minimum Gasteiger partial charge on any atom is -0.379 e. The van der Waals surface area contributed by atoms with E-state index in [9.17, 15) is 0 Å². The van der Waals surface area contributed by atoms with Crippen LogP contribution in [0, 0.1) is 0 Å². The van der Waals surface area contributed by atoms with Crippen molar-refractivity contribution >= 4 is 5.95 Å². The average Bonchev–Trinajstić information content (AvgIpc) is 2.57. The van der Waals surface area contributed by atoms with Crippen molar-refractivity contribution in [2.24, 2.45) is 0 Å². The molecule has 1 aromatic rings. The van der Waals surface area contributed by atoms with E-state index in [1.165, 1.54) is 31.2 Å². The maximum absolute atomic E-state index is 5.37. The van der Waals surface area contributed by atoms with Crippen molar-refractivity contribution in [3.05, 3.63) is 18.0 Å². The van der Waals surface area contributed by atoms with Crippen LogP contribution in [0.3, 0.4) is 0 Å². The number of hydrogen-bond donors (Lipinski definition) is 0. The maximum Gasteiger partial charge on any atom is 0.225 e. The SMILES string of the molecule is c1nc(N2CCCCC2)ncc1CCCN1CCOCC1. The molecule has 2 fully saturated rings. The van der Waals surface area contributed by atoms with Crippen LogP contribution in [0.15, 0.2) is 12.4 Å². The predicted octanol–water partition coefficient (Wildman–Crippen LogP) is 1.73. The van der Waals surface area contributed by atoms with Crippen molar-refractivity contribution in [2.45, 2.75) is 32.1 Å². The molecule has 0 aliphatic carbocycles. The Hall–Kier alpha value is -1.20. The molecule has 0 saturated carbocycles. The van der Waals surface area contributed by atoms with Gasteiger partial charge in [-0.2, -0.15) is 0 Å². The zero-order valence-corrected chi connectivity index (χ0v) is 12.8. The number of hydrogen-bond acceptors (Lipinski definition) is 5. The summed E-state index contributed by atoms with van der Waals surface area (Å²) in [6.45, 7) is 7.28. The molecule has 5 nitrogen and oxygen atoms in total. The van der Waals surface area contributed by atoms with Crippen molar-refractivity contribution in [2.75, 3.05) is 50.8 Å². The van der Waals surface area contributed by atoms with Crippen molar-refractivity contribution < 1.29 is 4.74 Å². The number of piperidine rings is 1. The molecular formula is C16H26N4O. The first-order valence-corrected chi connectivity index (χ1v) is 8.28. The van der Waals surface area contributed by atoms with Crippen molar-refractivity contribution in [1.82, 2.24) is 14.9 Å². The van der Waals surface area contributed by atoms with Gasteiger partial charge < -0.3 is 9.64 Å². The molecule has 2 saturated heterocycles. The second-order valence-electron chi connectivity index (χ2n) is 6.00. The molecule has 0 bridgehead atoms. The molecule has 2 aliphatic heterocycles. The summed E-state index contributed by atoms with van der Waals surface area (Å²) in [7, 11) is 0. The summed E-state index contributed by atoms with van der Waals surface area (Å²) in [6, 6.07) is 0. The average molecular weight is 290 g/mol. The number of rotatable bonds is 5. The molecule has 1 aromatic heterocycles. The van der Waals surface area contributed by atoms with Crippen LogP contribution in [0.2, 0.25) is 0 Å². The van der Waals surface area contributed by atoms with Gasteiger partial charge in [0.05, 0.1) is 13.2 Å². The Morgan fingerprint density at radius 3 is 2.38 bits per heavy atom. The molecule has 21 heavy (non-hydrogen) atoms. The van der Waals surface area contributed by atoms with E-state index >= 15 is 0 Å². The van der Waals surface area contributed by atoms with Gasteiger partial charge in [0.1, 0.15) is 0 Å². The molecule has 0 atom stereocenters. The summed E-state index contributed by atoms with van der Waals surface area (Å²) in [6.07, 6.45) is 10.1. The lowest BCUT2D eigenvalue weighted by molar-refractivity contribution is 0.0374. The monoisotopic (exact) mass is 290 g/mol. The summed E-state index contributed by atoms with van der Waals surface area (Å²) in [5, 5.41) is 0. The summed E-state index contributed by atoms with van der Waals surface area (Å²) >= 11 is 0. The van der Waals surface area contributed by atoms with Gasteiger partial charge in [0.25, 0.3) is 0 Å². The minimum atomic E-state index is 0.883. The summed E-state index contributed by atoms with van der Waals surface area (Å²) < 4.78 is 5.37. The van der Waals surface area contributed by atoms with Gasteiger partial charge in [-0.05, 0) is 44.2 Å². The van der Waals surface area contributed by atoms with Crippen LogP contribution in [-0.4, -0.2) is 60.8 Å². The van der Waals surface area contributed by atoms with Crippen LogP contribution in [0.1, 0.15) is 31.2 Å². The number of anilines is 1. The van der Waals surface area contributed by atoms with E-state index in [4.69, 9.17) is 4.74 Å². The third kappa shape index (κ3) is 4.38. The van der Waals surface area contributed by atoms with Crippen molar-refractivity contribution in [3.63, 3.8) is 0 Å². The lowest BCUT2D eigenvalue weighted by atomic mass is 10.1. The molecule has 116 valence electrons. The third-order valence-electron chi connectivity index (χ3n) is 4.37. The van der Waals surface area contributed by atoms with Crippen LogP contribution in [-0.2, 0) is 11.2 Å². The summed E-state index contributed by atoms with van der Waals surface area (Å²) in [5.41, 5.74) is 1.25. The van der Waals surface area contributed by atoms with Crippen LogP contribution in [0.25, 0.3) is 0 Å². The lowest BCUT2D eigenvalue weighted by Gasteiger charge is -2.27. The molecule has 3 rings (SSSR count). The quantitative estimate of drug-likeness (QED) is 0.826. The van der Waals surface area contributed by atoms with E-state index in [2.05, 4.69) is 19.8 Å². The topological polar surface area (TPSA) is 41.5 Å². The maximum atomic E-state index is 5.37. The first-order valence-electron chi connectivity index (χ1n) is 8.28. The fourth-order valence-corrected chi connectivity index (χ4v) is 3.07. The van der Waals surface area contributed by atoms with Gasteiger partial charge in [-0.25, -0.2) is 9.97 Å². The standard InChI is InChI=1S/C16H26N4O/c1-2-7-20(8-3-1)16-17-13-15(14-18-16)5-4-6-19-9-11-21-12-10-19/h13-14H,1-12H2. The minimum absolute atomic E-state index is 0.883. The highest BCUT2D eigenvalue weighted by molar-refractivity contribution is 5.30. The highest BCUT2D eigenvalue weighted by atomic mass is 16.5. The fourth-order valence-electron chi connectivity index (χ4n) is 3.07. The molecule has 0 unspecified atom stereocenters. The zero-order valence-electron chi connectivity index (χ0n) is 12.8. The van der Waals surface area contributed by atoms with E-state index in [1.807, 2.05) is 12.4 Å². The van der Waals surface area contributed by atoms with E-state index in [-0.39, 0.29) is 0 Å². The van der Waals surface area contributed by atoms with Gasteiger partial charge >= 0.3 is 0 Å². The Bertz CT molecular complexity index is 411. The first kappa shape index (κ1) is 14.7. The Kier molecular flexibility index (Phi) is 5.40. The fraction of sp³-hybridized carbons (Fsp3) is 0.750. The van der Waals surface area contributed by atoms with Crippen LogP contribution >= 0.6 is 0 Å². The van der Waals surface area contributed by atoms with Gasteiger partial charge in [0, 0.05) is 38.6 Å². The second-order valence-corrected chi connectivity index (χ2v) is 6.00. The molecule has 2 aliphatic rings. The second kappa shape index (κ2) is 7.71. The Morgan fingerprint density at radius 2 is 1.67 bits per heavy atom. The predicted molar refractivity (Wildman–Crippen MR) is 83.7 cm³/mol. The van der Waals surface area contributed by atoms with E-state index in [0.717, 1.165) is 58.3 Å². The van der Waals surface area contributed by atoms with Crippen LogP contribution in [0.4, 0.5) is 5.95 Å². The number of nitrogens with zero attached hydrogens (tertiary/aromatic N) is 4. The lowest BCUT2D eigenvalue weighted by Crippen LogP contribution is -2.36. The molecule has 0 aromatic carbocycles. The molecule has 0 radical (unpaired) electrons. The highest BCUT2D eigenvalue weighted by Crippen LogP contribution is 2.15. The summed E-state index contributed by atoms with van der Waals surface area (Å²) in [5.74, 6) is 0.909. The molecule has 3 heterocycles. The first-order chi connectivity index (χ1) is 10.4. The summed E-state index contributed by atoms with van der Waals surface area (Å²) in [4.78, 5) is 13.9. The van der Waals surface area contributed by atoms with Gasteiger partial charge in [-0.3, -0.25) is 4.90 Å². The number of aryl methyl sites for hydroxylation is 1.